The van der Waals surface area contributed by atoms with Gasteiger partial charge in [-0.15, -0.1) is 5.11 Å². The van der Waals surface area contributed by atoms with E-state index < -0.39 is 0 Å². The summed E-state index contributed by atoms with van der Waals surface area (Å²) in [5.74, 6) is 0. The third-order valence-electron chi connectivity index (χ3n) is 2.35. The van der Waals surface area contributed by atoms with Gasteiger partial charge in [0.05, 0.1) is 11.4 Å². The van der Waals surface area contributed by atoms with Crippen LogP contribution in [0, 0.1) is 0 Å². The van der Waals surface area contributed by atoms with Crippen molar-refractivity contribution in [2.45, 2.75) is 0 Å². The normalized spacial score (nSPS) is 10.4. The van der Waals surface area contributed by atoms with E-state index in [1.807, 2.05) is 18.2 Å². The molecule has 0 atom stereocenters. The lowest BCUT2D eigenvalue weighted by atomic mass is 10.1. The van der Waals surface area contributed by atoms with Gasteiger partial charge >= 0.3 is 0 Å². The van der Waals surface area contributed by atoms with E-state index in [1.54, 1.807) is 24.3 Å². The Kier molecular flexibility index (Phi) is 3.71. The Balaban J connectivity index is 2.35. The molecule has 0 bridgehead atoms. The quantitative estimate of drug-likeness (QED) is 0.602. The minimum absolute atomic E-state index is 0.387. The van der Waals surface area contributed by atoms with Crippen molar-refractivity contribution in [2.75, 3.05) is 0 Å². The van der Waals surface area contributed by atoms with E-state index in [1.165, 1.54) is 6.07 Å². The van der Waals surface area contributed by atoms with Crippen molar-refractivity contribution in [1.29, 1.82) is 0 Å². The molecule has 0 aliphatic rings. The second-order valence-electron chi connectivity index (χ2n) is 3.59. The average Bonchev–Trinajstić information content (AvgIpc) is 2.45. The molecule has 2 rings (SSSR count). The molecule has 0 spiro atoms. The van der Waals surface area contributed by atoms with Gasteiger partial charge in [0, 0.05) is 11.1 Å². The highest BCUT2D eigenvalue weighted by Gasteiger charge is 2.02. The van der Waals surface area contributed by atoms with E-state index in [9.17, 15) is 9.59 Å². The van der Waals surface area contributed by atoms with Crippen molar-refractivity contribution in [1.82, 2.24) is 0 Å². The summed E-state index contributed by atoms with van der Waals surface area (Å²) in [5.41, 5.74) is 1.94. The summed E-state index contributed by atoms with van der Waals surface area (Å²) in [5, 5.41) is 8.00. The number of rotatable bonds is 4. The SMILES string of the molecule is O=Cc1ccc(C=O)c(N=Nc2ccccc2)c1. The number of benzene rings is 2. The fourth-order valence-electron chi connectivity index (χ4n) is 1.43. The van der Waals surface area contributed by atoms with Gasteiger partial charge in [-0.2, -0.15) is 5.11 Å². The smallest absolute Gasteiger partial charge is 0.152 e. The van der Waals surface area contributed by atoms with Crippen molar-refractivity contribution >= 4 is 23.9 Å². The number of nitrogens with zero attached hydrogens (tertiary/aromatic N) is 2. The molecule has 2 aromatic rings. The summed E-state index contributed by atoms with van der Waals surface area (Å²) in [6, 6.07) is 13.8. The van der Waals surface area contributed by atoms with Crippen LogP contribution in [0.5, 0.6) is 0 Å². The van der Waals surface area contributed by atoms with Crippen molar-refractivity contribution in [3.05, 3.63) is 59.7 Å². The molecular formula is C14H10N2O2. The summed E-state index contributed by atoms with van der Waals surface area (Å²) in [6.45, 7) is 0. The van der Waals surface area contributed by atoms with Gasteiger partial charge in [0.25, 0.3) is 0 Å². The number of carbonyl (C=O) groups is 2. The van der Waals surface area contributed by atoms with Crippen molar-refractivity contribution in [3.8, 4) is 0 Å². The van der Waals surface area contributed by atoms with Gasteiger partial charge in [0.1, 0.15) is 6.29 Å². The Labute approximate surface area is 104 Å². The topological polar surface area (TPSA) is 58.9 Å². The van der Waals surface area contributed by atoms with Crippen LogP contribution >= 0.6 is 0 Å². The lowest BCUT2D eigenvalue weighted by Crippen LogP contribution is -1.84. The molecule has 2 aromatic carbocycles. The Morgan fingerprint density at radius 3 is 2.28 bits per heavy atom. The van der Waals surface area contributed by atoms with Crippen LogP contribution in [0.4, 0.5) is 11.4 Å². The summed E-state index contributed by atoms with van der Waals surface area (Å²) < 4.78 is 0. The Hall–Kier alpha value is -2.62. The molecule has 18 heavy (non-hydrogen) atoms. The maximum absolute atomic E-state index is 10.8. The molecule has 0 heterocycles. The average molecular weight is 238 g/mol. The molecule has 0 N–H and O–H groups in total. The van der Waals surface area contributed by atoms with E-state index in [0.29, 0.717) is 35.1 Å². The molecule has 0 saturated carbocycles. The number of hydrogen-bond donors (Lipinski definition) is 0. The van der Waals surface area contributed by atoms with Gasteiger partial charge < -0.3 is 0 Å². The molecule has 0 saturated heterocycles. The number of aldehydes is 2. The highest BCUT2D eigenvalue weighted by Crippen LogP contribution is 2.22. The molecule has 0 fully saturated rings. The minimum atomic E-state index is 0.387. The molecule has 0 unspecified atom stereocenters. The van der Waals surface area contributed by atoms with Crippen LogP contribution in [0.2, 0.25) is 0 Å². The highest BCUT2D eigenvalue weighted by molar-refractivity contribution is 5.86. The summed E-state index contributed by atoms with van der Waals surface area (Å²) >= 11 is 0. The first-order valence-corrected chi connectivity index (χ1v) is 5.34. The molecule has 4 heteroatoms. The lowest BCUT2D eigenvalue weighted by molar-refractivity contribution is 0.111. The molecule has 0 aliphatic heterocycles. The standard InChI is InChI=1S/C14H10N2O2/c17-9-11-6-7-12(10-18)14(8-11)16-15-13-4-2-1-3-5-13/h1-10H. The molecule has 4 nitrogen and oxygen atoms in total. The first-order chi connectivity index (χ1) is 8.83. The van der Waals surface area contributed by atoms with Crippen LogP contribution in [0.25, 0.3) is 0 Å². The molecule has 88 valence electrons. The van der Waals surface area contributed by atoms with Crippen LogP contribution in [0.3, 0.4) is 0 Å². The number of azo groups is 1. The molecule has 0 aromatic heterocycles. The van der Waals surface area contributed by atoms with Gasteiger partial charge in [-0.05, 0) is 24.3 Å². The molecular weight excluding hydrogens is 228 g/mol. The zero-order valence-electron chi connectivity index (χ0n) is 9.48. The van der Waals surface area contributed by atoms with Crippen molar-refractivity contribution < 1.29 is 9.59 Å². The third-order valence-corrected chi connectivity index (χ3v) is 2.35. The van der Waals surface area contributed by atoms with Crippen molar-refractivity contribution in [2.24, 2.45) is 10.2 Å². The monoisotopic (exact) mass is 238 g/mol. The largest absolute Gasteiger partial charge is 0.298 e. The second kappa shape index (κ2) is 5.63. The predicted octanol–water partition coefficient (Wildman–Crippen LogP) is 3.73. The molecule has 0 aliphatic carbocycles. The maximum Gasteiger partial charge on any atom is 0.152 e. The van der Waals surface area contributed by atoms with Crippen LogP contribution in [-0.2, 0) is 0 Å². The van der Waals surface area contributed by atoms with E-state index in [2.05, 4.69) is 10.2 Å². The third kappa shape index (κ3) is 2.74. The van der Waals surface area contributed by atoms with Gasteiger partial charge in [-0.1, -0.05) is 24.3 Å². The van der Waals surface area contributed by atoms with Crippen LogP contribution in [-0.4, -0.2) is 12.6 Å². The fourth-order valence-corrected chi connectivity index (χ4v) is 1.43. The molecule has 0 amide bonds. The van der Waals surface area contributed by atoms with E-state index in [0.717, 1.165) is 0 Å². The lowest BCUT2D eigenvalue weighted by Gasteiger charge is -1.98. The highest BCUT2D eigenvalue weighted by atomic mass is 16.1. The van der Waals surface area contributed by atoms with Gasteiger partial charge in [-0.25, -0.2) is 0 Å². The van der Waals surface area contributed by atoms with Crippen molar-refractivity contribution in [3.63, 3.8) is 0 Å². The Bertz CT molecular complexity index is 592. The summed E-state index contributed by atoms with van der Waals surface area (Å²) in [7, 11) is 0. The Morgan fingerprint density at radius 1 is 0.833 bits per heavy atom. The molecule has 0 radical (unpaired) electrons. The van der Waals surface area contributed by atoms with Crippen LogP contribution in [0.15, 0.2) is 58.8 Å². The fraction of sp³-hybridized carbons (Fsp3) is 0. The maximum atomic E-state index is 10.8. The van der Waals surface area contributed by atoms with Crippen LogP contribution < -0.4 is 0 Å². The second-order valence-corrected chi connectivity index (χ2v) is 3.59. The Morgan fingerprint density at radius 2 is 1.61 bits per heavy atom. The van der Waals surface area contributed by atoms with E-state index in [-0.39, 0.29) is 0 Å². The number of hydrogen-bond acceptors (Lipinski definition) is 4. The summed E-state index contributed by atoms with van der Waals surface area (Å²) in [4.78, 5) is 21.5. The first-order valence-electron chi connectivity index (χ1n) is 5.34. The van der Waals surface area contributed by atoms with E-state index in [4.69, 9.17) is 0 Å². The summed E-state index contributed by atoms with van der Waals surface area (Å²) in [6.07, 6.45) is 1.39. The number of carbonyl (C=O) groups excluding carboxylic acids is 2. The first kappa shape index (κ1) is 11.9. The van der Waals surface area contributed by atoms with Gasteiger partial charge in [0.15, 0.2) is 6.29 Å². The zero-order chi connectivity index (χ0) is 12.8. The predicted molar refractivity (Wildman–Crippen MR) is 67.8 cm³/mol. The van der Waals surface area contributed by atoms with Gasteiger partial charge in [0.2, 0.25) is 0 Å². The van der Waals surface area contributed by atoms with Gasteiger partial charge in [-0.3, -0.25) is 9.59 Å². The minimum Gasteiger partial charge on any atom is -0.298 e. The van der Waals surface area contributed by atoms with Crippen LogP contribution in [0.1, 0.15) is 20.7 Å². The zero-order valence-corrected chi connectivity index (χ0v) is 9.48. The van der Waals surface area contributed by atoms with E-state index >= 15 is 0 Å².